The van der Waals surface area contributed by atoms with E-state index in [1.807, 2.05) is 0 Å². The summed E-state index contributed by atoms with van der Waals surface area (Å²) in [5.41, 5.74) is 1.24. The van der Waals surface area contributed by atoms with Crippen LogP contribution in [0, 0.1) is 5.92 Å². The van der Waals surface area contributed by atoms with Gasteiger partial charge < -0.3 is 24.6 Å². The summed E-state index contributed by atoms with van der Waals surface area (Å²) in [5.74, 6) is -1.57. The molecule has 0 amide bonds. The van der Waals surface area contributed by atoms with Gasteiger partial charge in [-0.3, -0.25) is 4.79 Å². The minimum Gasteiger partial charge on any atom is -0.490 e. The van der Waals surface area contributed by atoms with Gasteiger partial charge in [0.25, 0.3) is 0 Å². The molecule has 0 fully saturated rings. The van der Waals surface area contributed by atoms with Gasteiger partial charge in [-0.15, -0.1) is 0 Å². The number of aliphatic imine (C=N–C) groups is 1. The van der Waals surface area contributed by atoms with Crippen molar-refractivity contribution in [2.24, 2.45) is 10.9 Å². The van der Waals surface area contributed by atoms with E-state index in [1.165, 1.54) is 0 Å². The SMILES string of the molecule is CCOC(=O)C1C(C)=NC(=S)NC1c1cc(Br)c(OCC(=O)O)c(OCC)c1. The second-order valence-electron chi connectivity index (χ2n) is 5.86. The Morgan fingerprint density at radius 1 is 1.29 bits per heavy atom. The zero-order valence-electron chi connectivity index (χ0n) is 15.7. The molecule has 10 heteroatoms. The van der Waals surface area contributed by atoms with Crippen molar-refractivity contribution in [3.05, 3.63) is 22.2 Å². The Morgan fingerprint density at radius 3 is 2.61 bits per heavy atom. The number of halogens is 1. The van der Waals surface area contributed by atoms with E-state index < -0.39 is 30.5 Å². The van der Waals surface area contributed by atoms with Crippen LogP contribution in [0.4, 0.5) is 0 Å². The number of rotatable bonds is 8. The monoisotopic (exact) mass is 472 g/mol. The van der Waals surface area contributed by atoms with Gasteiger partial charge in [-0.1, -0.05) is 0 Å². The number of thiocarbonyl (C=S) groups is 1. The minimum atomic E-state index is -1.10. The average Bonchev–Trinajstić information content (AvgIpc) is 2.60. The molecule has 0 saturated carbocycles. The first-order chi connectivity index (χ1) is 13.3. The Morgan fingerprint density at radius 2 is 2.00 bits per heavy atom. The van der Waals surface area contributed by atoms with Crippen LogP contribution >= 0.6 is 28.1 Å². The van der Waals surface area contributed by atoms with E-state index in [0.29, 0.717) is 28.1 Å². The van der Waals surface area contributed by atoms with Crippen LogP contribution in [0.25, 0.3) is 0 Å². The maximum Gasteiger partial charge on any atom is 0.341 e. The van der Waals surface area contributed by atoms with Crippen molar-refractivity contribution in [1.82, 2.24) is 5.32 Å². The molecule has 1 aliphatic heterocycles. The molecule has 0 radical (unpaired) electrons. The lowest BCUT2D eigenvalue weighted by Gasteiger charge is -2.31. The number of hydrogen-bond donors (Lipinski definition) is 2. The number of carbonyl (C=O) groups is 2. The Balaban J connectivity index is 2.48. The largest absolute Gasteiger partial charge is 0.490 e. The van der Waals surface area contributed by atoms with Crippen LogP contribution in [-0.4, -0.2) is 47.7 Å². The number of benzene rings is 1. The summed E-state index contributed by atoms with van der Waals surface area (Å²) in [6.07, 6.45) is 0. The molecule has 0 aromatic heterocycles. The van der Waals surface area contributed by atoms with Crippen molar-refractivity contribution in [3.8, 4) is 11.5 Å². The van der Waals surface area contributed by atoms with Crippen molar-refractivity contribution in [3.63, 3.8) is 0 Å². The molecule has 1 heterocycles. The number of nitrogens with one attached hydrogen (secondary N) is 1. The fourth-order valence-electron chi connectivity index (χ4n) is 2.84. The number of hydrogen-bond acceptors (Lipinski definition) is 6. The third-order valence-electron chi connectivity index (χ3n) is 3.91. The highest BCUT2D eigenvalue weighted by Crippen LogP contribution is 2.40. The number of aliphatic carboxylic acids is 1. The van der Waals surface area contributed by atoms with Gasteiger partial charge >= 0.3 is 11.9 Å². The molecule has 2 unspecified atom stereocenters. The molecule has 2 atom stereocenters. The molecule has 28 heavy (non-hydrogen) atoms. The molecular weight excluding hydrogens is 452 g/mol. The summed E-state index contributed by atoms with van der Waals surface area (Å²) in [4.78, 5) is 27.6. The van der Waals surface area contributed by atoms with Crippen molar-refractivity contribution in [2.75, 3.05) is 19.8 Å². The van der Waals surface area contributed by atoms with E-state index >= 15 is 0 Å². The molecule has 0 aliphatic carbocycles. The maximum atomic E-state index is 12.5. The number of ether oxygens (including phenoxy) is 3. The van der Waals surface area contributed by atoms with Crippen molar-refractivity contribution in [1.29, 1.82) is 0 Å². The summed E-state index contributed by atoms with van der Waals surface area (Å²) in [6.45, 7) is 5.34. The Kier molecular flexibility index (Phi) is 7.76. The molecule has 8 nitrogen and oxygen atoms in total. The highest BCUT2D eigenvalue weighted by molar-refractivity contribution is 9.10. The summed E-state index contributed by atoms with van der Waals surface area (Å²) in [6, 6.07) is 2.90. The molecule has 152 valence electrons. The predicted octanol–water partition coefficient (Wildman–Crippen LogP) is 2.88. The van der Waals surface area contributed by atoms with Crippen LogP contribution < -0.4 is 14.8 Å². The van der Waals surface area contributed by atoms with Gasteiger partial charge in [0.05, 0.1) is 23.7 Å². The molecule has 1 aliphatic rings. The van der Waals surface area contributed by atoms with Crippen LogP contribution in [-0.2, 0) is 14.3 Å². The second kappa shape index (κ2) is 9.83. The lowest BCUT2D eigenvalue weighted by atomic mass is 9.88. The van der Waals surface area contributed by atoms with E-state index in [9.17, 15) is 9.59 Å². The zero-order chi connectivity index (χ0) is 20.8. The van der Waals surface area contributed by atoms with Crippen LogP contribution in [0.2, 0.25) is 0 Å². The third kappa shape index (κ3) is 5.20. The zero-order valence-corrected chi connectivity index (χ0v) is 18.1. The summed E-state index contributed by atoms with van der Waals surface area (Å²) >= 11 is 8.59. The van der Waals surface area contributed by atoms with Gasteiger partial charge in [0.15, 0.2) is 23.2 Å². The Labute approximate surface area is 176 Å². The normalized spacial score (nSPS) is 18.7. The first-order valence-corrected chi connectivity index (χ1v) is 9.81. The smallest absolute Gasteiger partial charge is 0.341 e. The highest BCUT2D eigenvalue weighted by Gasteiger charge is 2.37. The van der Waals surface area contributed by atoms with Crippen LogP contribution in [0.15, 0.2) is 21.6 Å². The van der Waals surface area contributed by atoms with E-state index in [-0.39, 0.29) is 17.5 Å². The van der Waals surface area contributed by atoms with E-state index in [0.717, 1.165) is 0 Å². The molecule has 0 spiro atoms. The van der Waals surface area contributed by atoms with Gasteiger partial charge in [-0.25, -0.2) is 9.79 Å². The lowest BCUT2D eigenvalue weighted by molar-refractivity contribution is -0.146. The Hall–Kier alpha value is -2.20. The predicted molar refractivity (Wildman–Crippen MR) is 110 cm³/mol. The topological polar surface area (TPSA) is 106 Å². The quantitative estimate of drug-likeness (QED) is 0.439. The fourth-order valence-corrected chi connectivity index (χ4v) is 3.68. The number of nitrogens with zero attached hydrogens (tertiary/aromatic N) is 1. The fraction of sp³-hybridized carbons (Fsp3) is 0.444. The van der Waals surface area contributed by atoms with Crippen LogP contribution in [0.1, 0.15) is 32.4 Å². The maximum absolute atomic E-state index is 12.5. The van der Waals surface area contributed by atoms with E-state index in [1.54, 1.807) is 32.9 Å². The molecule has 2 rings (SSSR count). The van der Waals surface area contributed by atoms with Crippen LogP contribution in [0.5, 0.6) is 11.5 Å². The first kappa shape index (κ1) is 22.1. The molecule has 0 saturated heterocycles. The van der Waals surface area contributed by atoms with E-state index in [2.05, 4.69) is 26.2 Å². The van der Waals surface area contributed by atoms with Gasteiger partial charge in [0.1, 0.15) is 5.92 Å². The number of esters is 1. The lowest BCUT2D eigenvalue weighted by Crippen LogP contribution is -2.44. The van der Waals surface area contributed by atoms with E-state index in [4.69, 9.17) is 31.5 Å². The first-order valence-electron chi connectivity index (χ1n) is 8.61. The summed E-state index contributed by atoms with van der Waals surface area (Å²) in [7, 11) is 0. The summed E-state index contributed by atoms with van der Waals surface area (Å²) in [5, 5.41) is 12.2. The molecule has 0 bridgehead atoms. The van der Waals surface area contributed by atoms with Crippen LogP contribution in [0.3, 0.4) is 0 Å². The summed E-state index contributed by atoms with van der Waals surface area (Å²) < 4.78 is 16.7. The minimum absolute atomic E-state index is 0.246. The molecule has 1 aromatic rings. The van der Waals surface area contributed by atoms with Gasteiger partial charge in [0, 0.05) is 5.71 Å². The highest BCUT2D eigenvalue weighted by atomic mass is 79.9. The molecule has 1 aromatic carbocycles. The number of carbonyl (C=O) groups excluding carboxylic acids is 1. The molecular formula is C18H21BrN2O6S. The number of carboxylic acids is 1. The van der Waals surface area contributed by atoms with Crippen molar-refractivity contribution in [2.45, 2.75) is 26.8 Å². The molecule has 2 N–H and O–H groups in total. The number of carboxylic acid groups (broad SMARTS) is 1. The van der Waals surface area contributed by atoms with Gasteiger partial charge in [-0.05, 0) is 66.6 Å². The third-order valence-corrected chi connectivity index (χ3v) is 4.71. The van der Waals surface area contributed by atoms with Crippen molar-refractivity contribution < 1.29 is 28.9 Å². The second-order valence-corrected chi connectivity index (χ2v) is 7.10. The van der Waals surface area contributed by atoms with Crippen molar-refractivity contribution >= 4 is 50.9 Å². The Bertz CT molecular complexity index is 814. The standard InChI is InChI=1S/C18H21BrN2O6S/c1-4-25-12-7-10(6-11(19)16(12)27-8-13(22)23)15-14(17(24)26-5-2)9(3)20-18(28)21-15/h6-7,14-15H,4-5,8H2,1-3H3,(H,21,28)(H,22,23). The van der Waals surface area contributed by atoms with Gasteiger partial charge in [-0.2, -0.15) is 0 Å². The van der Waals surface area contributed by atoms with Gasteiger partial charge in [0.2, 0.25) is 0 Å². The average molecular weight is 473 g/mol.